The molecule has 1 aromatic carbocycles. The quantitative estimate of drug-likeness (QED) is 0.435. The summed E-state index contributed by atoms with van der Waals surface area (Å²) in [5.74, 6) is 0.243. The Morgan fingerprint density at radius 2 is 2.04 bits per heavy atom. The number of imide groups is 1. The highest BCUT2D eigenvalue weighted by molar-refractivity contribution is 9.10. The number of benzene rings is 1. The summed E-state index contributed by atoms with van der Waals surface area (Å²) in [5.41, 5.74) is 0.741. The van der Waals surface area contributed by atoms with E-state index in [-0.39, 0.29) is 30.6 Å². The fourth-order valence-corrected chi connectivity index (χ4v) is 3.18. The van der Waals surface area contributed by atoms with Crippen LogP contribution in [-0.2, 0) is 16.1 Å². The first-order valence-electron chi connectivity index (χ1n) is 8.07. The van der Waals surface area contributed by atoms with E-state index >= 15 is 0 Å². The number of hydrogen-bond acceptors (Lipinski definition) is 7. The number of nitrogens with zero attached hydrogens (tertiary/aromatic N) is 1. The van der Waals surface area contributed by atoms with E-state index in [1.165, 1.54) is 25.3 Å². The van der Waals surface area contributed by atoms with Crippen LogP contribution in [0.3, 0.4) is 0 Å². The smallest absolute Gasteiger partial charge is 0.373 e. The maximum absolute atomic E-state index is 12.6. The maximum Gasteiger partial charge on any atom is 0.373 e. The number of furan rings is 1. The van der Waals surface area contributed by atoms with Gasteiger partial charge in [0.25, 0.3) is 5.91 Å². The van der Waals surface area contributed by atoms with Gasteiger partial charge >= 0.3 is 12.0 Å². The molecule has 0 radical (unpaired) electrons. The molecule has 1 aromatic heterocycles. The number of hydrogen-bond donors (Lipinski definition) is 1. The molecular formula is C18H13BrN2O7. The first-order valence-corrected chi connectivity index (χ1v) is 8.86. The Morgan fingerprint density at radius 3 is 2.79 bits per heavy atom. The average molecular weight is 449 g/mol. The van der Waals surface area contributed by atoms with Crippen LogP contribution >= 0.6 is 15.9 Å². The molecule has 4 rings (SSSR count). The molecule has 1 saturated heterocycles. The molecule has 0 atom stereocenters. The lowest BCUT2D eigenvalue weighted by atomic mass is 10.1. The third kappa shape index (κ3) is 3.22. The second-order valence-corrected chi connectivity index (χ2v) is 6.72. The molecule has 0 spiro atoms. The van der Waals surface area contributed by atoms with Crippen LogP contribution in [0, 0.1) is 0 Å². The molecular weight excluding hydrogens is 436 g/mol. The van der Waals surface area contributed by atoms with Crippen LogP contribution in [0.2, 0.25) is 0 Å². The minimum absolute atomic E-state index is 0.00962. The molecule has 144 valence electrons. The molecule has 1 N–H and O–H groups in total. The summed E-state index contributed by atoms with van der Waals surface area (Å²) >= 11 is 3.41. The van der Waals surface area contributed by atoms with E-state index in [4.69, 9.17) is 13.9 Å². The number of carbonyl (C=O) groups excluding carboxylic acids is 3. The fourth-order valence-electron chi connectivity index (χ4n) is 2.74. The van der Waals surface area contributed by atoms with Crippen molar-refractivity contribution < 1.29 is 33.0 Å². The minimum atomic E-state index is -0.642. The van der Waals surface area contributed by atoms with Crippen LogP contribution in [0.5, 0.6) is 11.5 Å². The van der Waals surface area contributed by atoms with E-state index in [0.717, 1.165) is 4.90 Å². The number of amides is 3. The fraction of sp³-hybridized carbons (Fsp3) is 0.167. The maximum atomic E-state index is 12.6. The van der Waals surface area contributed by atoms with E-state index in [1.54, 1.807) is 12.1 Å². The van der Waals surface area contributed by atoms with Gasteiger partial charge in [0.2, 0.25) is 12.6 Å². The Kier molecular flexibility index (Phi) is 4.55. The Morgan fingerprint density at radius 1 is 1.29 bits per heavy atom. The van der Waals surface area contributed by atoms with Crippen molar-refractivity contribution in [3.63, 3.8) is 0 Å². The normalized spacial score (nSPS) is 16.6. The minimum Gasteiger partial charge on any atom is -0.463 e. The van der Waals surface area contributed by atoms with Crippen molar-refractivity contribution in [1.82, 2.24) is 10.2 Å². The van der Waals surface area contributed by atoms with Crippen LogP contribution in [-0.4, -0.2) is 36.7 Å². The molecule has 3 heterocycles. The van der Waals surface area contributed by atoms with Gasteiger partial charge in [0.1, 0.15) is 11.5 Å². The Hall–Kier alpha value is -3.27. The second kappa shape index (κ2) is 7.04. The molecule has 28 heavy (non-hydrogen) atoms. The van der Waals surface area contributed by atoms with E-state index in [1.807, 2.05) is 0 Å². The molecule has 1 fully saturated rings. The van der Waals surface area contributed by atoms with Gasteiger partial charge in [-0.2, -0.15) is 0 Å². The number of ether oxygens (including phenoxy) is 3. The largest absolute Gasteiger partial charge is 0.463 e. The highest BCUT2D eigenvalue weighted by Crippen LogP contribution is 2.37. The number of halogens is 1. The summed E-state index contributed by atoms with van der Waals surface area (Å²) in [4.78, 5) is 37.3. The van der Waals surface area contributed by atoms with Crippen molar-refractivity contribution in [1.29, 1.82) is 0 Å². The first-order chi connectivity index (χ1) is 13.5. The molecule has 0 aliphatic carbocycles. The molecule has 0 unspecified atom stereocenters. The zero-order chi connectivity index (χ0) is 19.8. The van der Waals surface area contributed by atoms with Gasteiger partial charge in [-0.1, -0.05) is 15.9 Å². The first kappa shape index (κ1) is 18.1. The van der Waals surface area contributed by atoms with Crippen molar-refractivity contribution in [2.45, 2.75) is 6.54 Å². The second-order valence-electron chi connectivity index (χ2n) is 5.86. The molecule has 3 amide bonds. The molecule has 0 saturated carbocycles. The Bertz CT molecular complexity index is 1030. The van der Waals surface area contributed by atoms with E-state index in [2.05, 4.69) is 26.0 Å². The Labute approximate surface area is 167 Å². The van der Waals surface area contributed by atoms with E-state index in [0.29, 0.717) is 21.5 Å². The number of nitrogens with one attached hydrogen (secondary N) is 1. The summed E-state index contributed by atoms with van der Waals surface area (Å²) in [6.45, 7) is 0.00324. The number of fused-ring (bicyclic) bond motifs is 1. The van der Waals surface area contributed by atoms with Gasteiger partial charge in [-0.25, -0.2) is 9.59 Å². The summed E-state index contributed by atoms with van der Waals surface area (Å²) in [7, 11) is 1.23. The number of esters is 1. The summed E-state index contributed by atoms with van der Waals surface area (Å²) < 4.78 is 21.2. The average Bonchev–Trinajstić information content (AvgIpc) is 3.38. The van der Waals surface area contributed by atoms with Crippen molar-refractivity contribution in [2.24, 2.45) is 0 Å². The van der Waals surface area contributed by atoms with Gasteiger partial charge in [-0.15, -0.1) is 0 Å². The summed E-state index contributed by atoms with van der Waals surface area (Å²) in [5, 5.41) is 2.53. The number of urea groups is 1. The van der Waals surface area contributed by atoms with Crippen molar-refractivity contribution in [3.05, 3.63) is 51.5 Å². The van der Waals surface area contributed by atoms with Crippen LogP contribution < -0.4 is 14.8 Å². The highest BCUT2D eigenvalue weighted by Gasteiger charge is 2.34. The standard InChI is InChI=1S/C18H13BrN2O7/c1-25-17(23)13-3-2-10(28-13)7-21-16(22)12(20-18(21)24)4-9-5-14-15(6-11(9)19)27-8-26-14/h2-6H,7-8H2,1H3,(H,20,24). The number of carbonyl (C=O) groups is 3. The summed E-state index contributed by atoms with van der Waals surface area (Å²) in [6, 6.07) is 5.76. The Balaban J connectivity index is 1.55. The van der Waals surface area contributed by atoms with Gasteiger partial charge in [-0.3, -0.25) is 9.69 Å². The van der Waals surface area contributed by atoms with E-state index in [9.17, 15) is 14.4 Å². The molecule has 2 aromatic rings. The third-order valence-electron chi connectivity index (χ3n) is 4.12. The zero-order valence-electron chi connectivity index (χ0n) is 14.5. The topological polar surface area (TPSA) is 107 Å². The van der Waals surface area contributed by atoms with Gasteiger partial charge in [-0.05, 0) is 35.9 Å². The van der Waals surface area contributed by atoms with Crippen molar-refractivity contribution in [3.8, 4) is 11.5 Å². The molecule has 2 aliphatic heterocycles. The summed E-state index contributed by atoms with van der Waals surface area (Å²) in [6.07, 6.45) is 1.54. The lowest BCUT2D eigenvalue weighted by Gasteiger charge is -2.09. The lowest BCUT2D eigenvalue weighted by molar-refractivity contribution is -0.123. The molecule has 0 bridgehead atoms. The van der Waals surface area contributed by atoms with Crippen molar-refractivity contribution in [2.75, 3.05) is 13.9 Å². The molecule has 9 nitrogen and oxygen atoms in total. The van der Waals surface area contributed by atoms with Gasteiger partial charge in [0.05, 0.1) is 13.7 Å². The van der Waals surface area contributed by atoms with E-state index < -0.39 is 17.9 Å². The van der Waals surface area contributed by atoms with Gasteiger partial charge in [0.15, 0.2) is 11.5 Å². The van der Waals surface area contributed by atoms with Crippen LogP contribution in [0.4, 0.5) is 4.79 Å². The lowest BCUT2D eigenvalue weighted by Crippen LogP contribution is -2.30. The zero-order valence-corrected chi connectivity index (χ0v) is 16.1. The van der Waals surface area contributed by atoms with Crippen LogP contribution in [0.15, 0.2) is 38.9 Å². The number of methoxy groups -OCH3 is 1. The predicted octanol–water partition coefficient (Wildman–Crippen LogP) is 2.65. The monoisotopic (exact) mass is 448 g/mol. The van der Waals surface area contributed by atoms with Gasteiger partial charge < -0.3 is 23.9 Å². The van der Waals surface area contributed by atoms with Crippen molar-refractivity contribution >= 4 is 39.9 Å². The van der Waals surface area contributed by atoms with Gasteiger partial charge in [0, 0.05) is 4.47 Å². The number of rotatable bonds is 4. The SMILES string of the molecule is COC(=O)c1ccc(CN2C(=O)NC(=Cc3cc4c(cc3Br)OCO4)C2=O)o1. The third-order valence-corrected chi connectivity index (χ3v) is 4.80. The van der Waals surface area contributed by atoms with Crippen LogP contribution in [0.25, 0.3) is 6.08 Å². The molecule has 10 heteroatoms. The predicted molar refractivity (Wildman–Crippen MR) is 97.4 cm³/mol. The highest BCUT2D eigenvalue weighted by atomic mass is 79.9. The molecule has 2 aliphatic rings. The van der Waals surface area contributed by atoms with Crippen LogP contribution in [0.1, 0.15) is 21.9 Å².